The summed E-state index contributed by atoms with van der Waals surface area (Å²) in [6.45, 7) is 5.66. The van der Waals surface area contributed by atoms with Crippen molar-refractivity contribution in [2.45, 2.75) is 12.6 Å². The molecule has 1 fully saturated rings. The summed E-state index contributed by atoms with van der Waals surface area (Å²) in [6, 6.07) is 0. The van der Waals surface area contributed by atoms with Gasteiger partial charge in [0, 0.05) is 56.6 Å². The number of oxazole rings is 1. The molecule has 1 unspecified atom stereocenters. The predicted octanol–water partition coefficient (Wildman–Crippen LogP) is 0.965. The van der Waals surface area contributed by atoms with Crippen LogP contribution in [-0.4, -0.2) is 46.3 Å². The smallest absolute Gasteiger partial charge is 0.191 e. The highest BCUT2D eigenvalue weighted by molar-refractivity contribution is 5.74. The van der Waals surface area contributed by atoms with Gasteiger partial charge in [0.15, 0.2) is 17.3 Å². The SMILES string of the molecule is Cc1ncc(C2(N3CCNCC3)C=CC(c3cn[nH]c3)=CN2)o1. The summed E-state index contributed by atoms with van der Waals surface area (Å²) in [7, 11) is 0. The molecule has 0 saturated carbocycles. The fourth-order valence-corrected chi connectivity index (χ4v) is 3.14. The Hall–Kier alpha value is -2.38. The Morgan fingerprint density at radius 1 is 1.26 bits per heavy atom. The van der Waals surface area contributed by atoms with E-state index >= 15 is 0 Å². The van der Waals surface area contributed by atoms with Crippen LogP contribution in [-0.2, 0) is 5.66 Å². The molecule has 1 saturated heterocycles. The topological polar surface area (TPSA) is 82.0 Å². The molecule has 4 rings (SSSR count). The summed E-state index contributed by atoms with van der Waals surface area (Å²) in [5, 5.41) is 13.8. The van der Waals surface area contributed by atoms with Crippen LogP contribution in [0, 0.1) is 6.92 Å². The lowest BCUT2D eigenvalue weighted by Gasteiger charge is -2.44. The van der Waals surface area contributed by atoms with Crippen LogP contribution in [0.1, 0.15) is 17.2 Å². The third-order valence-corrected chi connectivity index (χ3v) is 4.40. The van der Waals surface area contributed by atoms with Gasteiger partial charge in [0.1, 0.15) is 0 Å². The second-order valence-corrected chi connectivity index (χ2v) is 5.81. The van der Waals surface area contributed by atoms with Crippen molar-refractivity contribution in [3.05, 3.63) is 54.2 Å². The van der Waals surface area contributed by atoms with E-state index in [1.165, 1.54) is 0 Å². The first kappa shape index (κ1) is 14.2. The maximum atomic E-state index is 5.87. The first-order chi connectivity index (χ1) is 11.3. The molecule has 23 heavy (non-hydrogen) atoms. The monoisotopic (exact) mass is 312 g/mol. The van der Waals surface area contributed by atoms with Crippen molar-refractivity contribution >= 4 is 5.57 Å². The highest BCUT2D eigenvalue weighted by atomic mass is 16.4. The molecule has 2 aliphatic heterocycles. The van der Waals surface area contributed by atoms with Gasteiger partial charge in [0.05, 0.1) is 12.4 Å². The summed E-state index contributed by atoms with van der Waals surface area (Å²) in [5.41, 5.74) is 1.65. The van der Waals surface area contributed by atoms with Crippen LogP contribution in [0.3, 0.4) is 0 Å². The maximum Gasteiger partial charge on any atom is 0.191 e. The van der Waals surface area contributed by atoms with Crippen molar-refractivity contribution < 1.29 is 4.42 Å². The van der Waals surface area contributed by atoms with Crippen LogP contribution in [0.4, 0.5) is 0 Å². The zero-order chi connectivity index (χ0) is 15.7. The molecule has 2 aliphatic rings. The van der Waals surface area contributed by atoms with Crippen LogP contribution in [0.25, 0.3) is 5.57 Å². The van der Waals surface area contributed by atoms with Gasteiger partial charge in [0.25, 0.3) is 0 Å². The number of aryl methyl sites for hydroxylation is 1. The fraction of sp³-hybridized carbons (Fsp3) is 0.375. The second-order valence-electron chi connectivity index (χ2n) is 5.81. The molecule has 3 N–H and O–H groups in total. The lowest BCUT2D eigenvalue weighted by molar-refractivity contribution is 0.0720. The fourth-order valence-electron chi connectivity index (χ4n) is 3.14. The highest BCUT2D eigenvalue weighted by Crippen LogP contribution is 2.33. The first-order valence-electron chi connectivity index (χ1n) is 7.83. The number of rotatable bonds is 3. The molecule has 7 heteroatoms. The minimum Gasteiger partial charge on any atom is -0.442 e. The van der Waals surface area contributed by atoms with E-state index in [9.17, 15) is 0 Å². The number of H-pyrrole nitrogens is 1. The number of aromatic nitrogens is 3. The highest BCUT2D eigenvalue weighted by Gasteiger charge is 2.40. The standard InChI is InChI=1S/C16H20N6O/c1-12-18-11-15(23-12)16(22-6-4-17-5-7-22)3-2-13(8-19-16)14-9-20-21-10-14/h2-3,8-11,17,19H,4-7H2,1H3,(H,20,21). The third-order valence-electron chi connectivity index (χ3n) is 4.40. The molecule has 2 aromatic heterocycles. The van der Waals surface area contributed by atoms with Crippen molar-refractivity contribution in [3.8, 4) is 0 Å². The number of nitrogens with zero attached hydrogens (tertiary/aromatic N) is 3. The zero-order valence-corrected chi connectivity index (χ0v) is 13.0. The average Bonchev–Trinajstić information content (AvgIpc) is 3.28. The van der Waals surface area contributed by atoms with Gasteiger partial charge in [-0.05, 0) is 6.08 Å². The van der Waals surface area contributed by atoms with Crippen molar-refractivity contribution in [2.24, 2.45) is 0 Å². The normalized spacial score (nSPS) is 25.2. The lowest BCUT2D eigenvalue weighted by Crippen LogP contribution is -2.59. The van der Waals surface area contributed by atoms with E-state index in [-0.39, 0.29) is 0 Å². The minimum absolute atomic E-state index is 0.489. The quantitative estimate of drug-likeness (QED) is 0.783. The van der Waals surface area contributed by atoms with E-state index in [0.717, 1.165) is 43.1 Å². The number of nitrogens with one attached hydrogen (secondary N) is 3. The number of hydrogen-bond acceptors (Lipinski definition) is 6. The molecule has 1 atom stereocenters. The van der Waals surface area contributed by atoms with Gasteiger partial charge in [0.2, 0.25) is 0 Å². The van der Waals surface area contributed by atoms with Gasteiger partial charge < -0.3 is 15.1 Å². The van der Waals surface area contributed by atoms with E-state index in [1.807, 2.05) is 31.7 Å². The Kier molecular flexibility index (Phi) is 3.51. The Labute approximate surface area is 134 Å². The summed E-state index contributed by atoms with van der Waals surface area (Å²) in [6.07, 6.45) is 11.8. The van der Waals surface area contributed by atoms with E-state index in [4.69, 9.17) is 4.42 Å². The van der Waals surface area contributed by atoms with E-state index in [1.54, 1.807) is 0 Å². The Balaban J connectivity index is 1.69. The van der Waals surface area contributed by atoms with Gasteiger partial charge in [-0.25, -0.2) is 4.98 Å². The first-order valence-corrected chi connectivity index (χ1v) is 7.83. The maximum absolute atomic E-state index is 5.87. The van der Waals surface area contributed by atoms with Crippen molar-refractivity contribution in [3.63, 3.8) is 0 Å². The number of dihydropyridines is 1. The predicted molar refractivity (Wildman–Crippen MR) is 86.2 cm³/mol. The summed E-state index contributed by atoms with van der Waals surface area (Å²) in [4.78, 5) is 6.66. The molecular weight excluding hydrogens is 292 g/mol. The summed E-state index contributed by atoms with van der Waals surface area (Å²) >= 11 is 0. The molecule has 0 spiro atoms. The van der Waals surface area contributed by atoms with Crippen molar-refractivity contribution in [1.29, 1.82) is 0 Å². The van der Waals surface area contributed by atoms with E-state index in [2.05, 4.69) is 42.9 Å². The Morgan fingerprint density at radius 3 is 2.74 bits per heavy atom. The number of allylic oxidation sites excluding steroid dienone is 2. The molecule has 0 aromatic carbocycles. The molecular formula is C16H20N6O. The van der Waals surface area contributed by atoms with Gasteiger partial charge in [-0.1, -0.05) is 6.08 Å². The molecule has 0 bridgehead atoms. The Bertz CT molecular complexity index is 726. The molecule has 4 heterocycles. The van der Waals surface area contributed by atoms with Crippen LogP contribution >= 0.6 is 0 Å². The number of hydrogen-bond donors (Lipinski definition) is 3. The van der Waals surface area contributed by atoms with Crippen molar-refractivity contribution in [1.82, 2.24) is 30.7 Å². The molecule has 2 aromatic rings. The third kappa shape index (κ3) is 2.47. The van der Waals surface area contributed by atoms with Crippen LogP contribution < -0.4 is 10.6 Å². The summed E-state index contributed by atoms with van der Waals surface area (Å²) < 4.78 is 5.87. The number of aromatic amines is 1. The van der Waals surface area contributed by atoms with Gasteiger partial charge in [-0.3, -0.25) is 10.00 Å². The molecule has 120 valence electrons. The van der Waals surface area contributed by atoms with Crippen LogP contribution in [0.2, 0.25) is 0 Å². The van der Waals surface area contributed by atoms with E-state index in [0.29, 0.717) is 5.89 Å². The Morgan fingerprint density at radius 2 is 2.13 bits per heavy atom. The zero-order valence-electron chi connectivity index (χ0n) is 13.0. The molecule has 7 nitrogen and oxygen atoms in total. The van der Waals surface area contributed by atoms with Gasteiger partial charge in [-0.2, -0.15) is 5.10 Å². The van der Waals surface area contributed by atoms with Crippen LogP contribution in [0.15, 0.2) is 41.4 Å². The van der Waals surface area contributed by atoms with Crippen molar-refractivity contribution in [2.75, 3.05) is 26.2 Å². The van der Waals surface area contributed by atoms with E-state index < -0.39 is 5.66 Å². The largest absolute Gasteiger partial charge is 0.442 e. The van der Waals surface area contributed by atoms with Gasteiger partial charge in [-0.15, -0.1) is 0 Å². The minimum atomic E-state index is -0.489. The number of piperazine rings is 1. The summed E-state index contributed by atoms with van der Waals surface area (Å²) in [5.74, 6) is 1.49. The molecule has 0 amide bonds. The lowest BCUT2D eigenvalue weighted by atomic mass is 9.97. The molecule has 0 aliphatic carbocycles. The molecule has 0 radical (unpaired) electrons. The van der Waals surface area contributed by atoms with Gasteiger partial charge >= 0.3 is 0 Å². The second kappa shape index (κ2) is 5.68. The average molecular weight is 312 g/mol. The van der Waals surface area contributed by atoms with Crippen LogP contribution in [0.5, 0.6) is 0 Å².